The number of nitrogens with zero attached hydrogens (tertiary/aromatic N) is 1. The quantitative estimate of drug-likeness (QED) is 0.574. The maximum Gasteiger partial charge on any atom is 0.406 e. The minimum atomic E-state index is -4.37. The summed E-state index contributed by atoms with van der Waals surface area (Å²) in [6.07, 6.45) is -4.37. The van der Waals surface area contributed by atoms with Crippen molar-refractivity contribution in [3.63, 3.8) is 0 Å². The van der Waals surface area contributed by atoms with Crippen LogP contribution in [0.1, 0.15) is 0 Å². The first-order valence-corrected chi connectivity index (χ1v) is 7.61. The zero-order valence-corrected chi connectivity index (χ0v) is 12.4. The second-order valence-corrected chi connectivity index (χ2v) is 5.56. The Kier molecular flexibility index (Phi) is 6.71. The lowest BCUT2D eigenvalue weighted by Gasteiger charge is -2.22. The molecule has 0 unspecified atom stereocenters. The maximum absolute atomic E-state index is 12.3. The number of carbonyl (C=O) groups excluding carboxylic acids is 1. The standard InChI is InChI=1S/C12H13BrF3NOS/c13-6-7-17(9-12(14,15)16)11(18)8-19-10-4-2-1-3-5-10/h1-5H,6-9H2. The number of halogens is 4. The van der Waals surface area contributed by atoms with Gasteiger partial charge in [0, 0.05) is 16.8 Å². The third-order valence-electron chi connectivity index (χ3n) is 2.18. The predicted molar refractivity (Wildman–Crippen MR) is 73.6 cm³/mol. The van der Waals surface area contributed by atoms with E-state index in [0.29, 0.717) is 5.33 Å². The molecule has 0 N–H and O–H groups in total. The molecule has 1 rings (SSSR count). The maximum atomic E-state index is 12.3. The van der Waals surface area contributed by atoms with Crippen LogP contribution in [0.4, 0.5) is 13.2 Å². The number of amides is 1. The minimum Gasteiger partial charge on any atom is -0.332 e. The van der Waals surface area contributed by atoms with Crippen LogP contribution in [-0.4, -0.2) is 41.2 Å². The molecule has 1 aromatic carbocycles. The summed E-state index contributed by atoms with van der Waals surface area (Å²) in [6.45, 7) is -1.15. The van der Waals surface area contributed by atoms with Gasteiger partial charge in [0.05, 0.1) is 5.75 Å². The lowest BCUT2D eigenvalue weighted by Crippen LogP contribution is -2.41. The molecule has 0 aliphatic rings. The van der Waals surface area contributed by atoms with Gasteiger partial charge in [-0.3, -0.25) is 4.79 Å². The van der Waals surface area contributed by atoms with Crippen LogP contribution in [-0.2, 0) is 4.79 Å². The van der Waals surface area contributed by atoms with Crippen molar-refractivity contribution in [3.05, 3.63) is 30.3 Å². The van der Waals surface area contributed by atoms with Gasteiger partial charge in [0.2, 0.25) is 5.91 Å². The largest absolute Gasteiger partial charge is 0.406 e. The molecule has 19 heavy (non-hydrogen) atoms. The normalized spacial score (nSPS) is 11.4. The molecule has 1 amide bonds. The summed E-state index contributed by atoms with van der Waals surface area (Å²) in [5.41, 5.74) is 0. The summed E-state index contributed by atoms with van der Waals surface area (Å²) in [5.74, 6) is -0.502. The van der Waals surface area contributed by atoms with E-state index in [0.717, 1.165) is 9.80 Å². The molecule has 106 valence electrons. The van der Waals surface area contributed by atoms with Gasteiger partial charge in [-0.1, -0.05) is 34.1 Å². The number of hydrogen-bond acceptors (Lipinski definition) is 2. The molecule has 0 saturated carbocycles. The molecule has 0 saturated heterocycles. The van der Waals surface area contributed by atoms with Gasteiger partial charge in [0.25, 0.3) is 0 Å². The van der Waals surface area contributed by atoms with Gasteiger partial charge in [-0.15, -0.1) is 11.8 Å². The number of thioether (sulfide) groups is 1. The molecule has 0 spiro atoms. The molecule has 2 nitrogen and oxygen atoms in total. The number of hydrogen-bond donors (Lipinski definition) is 0. The fraction of sp³-hybridized carbons (Fsp3) is 0.417. The lowest BCUT2D eigenvalue weighted by molar-refractivity contribution is -0.158. The topological polar surface area (TPSA) is 20.3 Å². The highest BCUT2D eigenvalue weighted by Crippen LogP contribution is 2.20. The van der Waals surface area contributed by atoms with E-state index in [1.807, 2.05) is 30.3 Å². The molecule has 0 heterocycles. The van der Waals surface area contributed by atoms with E-state index in [1.54, 1.807) is 0 Å². The Labute approximate surface area is 122 Å². The van der Waals surface area contributed by atoms with Gasteiger partial charge in [-0.25, -0.2) is 0 Å². The summed E-state index contributed by atoms with van der Waals surface area (Å²) in [7, 11) is 0. The van der Waals surface area contributed by atoms with Gasteiger partial charge >= 0.3 is 6.18 Å². The Balaban J connectivity index is 2.52. The highest BCUT2D eigenvalue weighted by Gasteiger charge is 2.32. The Morgan fingerprint density at radius 2 is 1.89 bits per heavy atom. The smallest absolute Gasteiger partial charge is 0.332 e. The van der Waals surface area contributed by atoms with E-state index in [4.69, 9.17) is 0 Å². The van der Waals surface area contributed by atoms with Gasteiger partial charge in [-0.05, 0) is 12.1 Å². The van der Waals surface area contributed by atoms with Gasteiger partial charge in [0.1, 0.15) is 6.54 Å². The van der Waals surface area contributed by atoms with Crippen molar-refractivity contribution in [1.82, 2.24) is 4.90 Å². The third-order valence-corrected chi connectivity index (χ3v) is 3.53. The average molecular weight is 356 g/mol. The van der Waals surface area contributed by atoms with Crippen LogP contribution in [0, 0.1) is 0 Å². The molecule has 0 bridgehead atoms. The summed E-state index contributed by atoms with van der Waals surface area (Å²) in [6, 6.07) is 9.11. The number of rotatable bonds is 6. The van der Waals surface area contributed by atoms with Crippen molar-refractivity contribution in [2.75, 3.05) is 24.2 Å². The zero-order chi connectivity index (χ0) is 14.3. The molecule has 0 aromatic heterocycles. The van der Waals surface area contributed by atoms with Crippen molar-refractivity contribution in [3.8, 4) is 0 Å². The Hall–Kier alpha value is -0.690. The van der Waals surface area contributed by atoms with Gasteiger partial charge in [0.15, 0.2) is 0 Å². The predicted octanol–water partition coefficient (Wildman–Crippen LogP) is 3.56. The van der Waals surface area contributed by atoms with Crippen molar-refractivity contribution in [2.24, 2.45) is 0 Å². The SMILES string of the molecule is O=C(CSc1ccccc1)N(CCBr)CC(F)(F)F. The van der Waals surface area contributed by atoms with E-state index in [9.17, 15) is 18.0 Å². The van der Waals surface area contributed by atoms with Crippen molar-refractivity contribution >= 4 is 33.6 Å². The highest BCUT2D eigenvalue weighted by atomic mass is 79.9. The van der Waals surface area contributed by atoms with Crippen molar-refractivity contribution < 1.29 is 18.0 Å². The summed E-state index contributed by atoms with van der Waals surface area (Å²) in [4.78, 5) is 13.5. The summed E-state index contributed by atoms with van der Waals surface area (Å²) in [5, 5.41) is 0.324. The van der Waals surface area contributed by atoms with E-state index in [2.05, 4.69) is 15.9 Å². The molecule has 0 atom stereocenters. The Morgan fingerprint density at radius 3 is 2.42 bits per heavy atom. The van der Waals surface area contributed by atoms with Crippen LogP contribution in [0.2, 0.25) is 0 Å². The summed E-state index contributed by atoms with van der Waals surface area (Å²) >= 11 is 4.29. The van der Waals surface area contributed by atoms with Crippen LogP contribution in [0.5, 0.6) is 0 Å². The fourth-order valence-corrected chi connectivity index (χ4v) is 2.61. The van der Waals surface area contributed by atoms with Crippen LogP contribution >= 0.6 is 27.7 Å². The monoisotopic (exact) mass is 355 g/mol. The minimum absolute atomic E-state index is 0.00704. The molecule has 0 aliphatic heterocycles. The van der Waals surface area contributed by atoms with Gasteiger partial charge in [-0.2, -0.15) is 13.2 Å². The van der Waals surface area contributed by atoms with E-state index in [-0.39, 0.29) is 12.3 Å². The number of alkyl halides is 4. The Morgan fingerprint density at radius 1 is 1.26 bits per heavy atom. The first kappa shape index (κ1) is 16.4. The number of benzene rings is 1. The molecule has 0 radical (unpaired) electrons. The highest BCUT2D eigenvalue weighted by molar-refractivity contribution is 9.09. The van der Waals surface area contributed by atoms with Gasteiger partial charge < -0.3 is 4.90 Å². The molecule has 0 aliphatic carbocycles. The molecule has 1 aromatic rings. The molecule has 7 heteroatoms. The second kappa shape index (κ2) is 7.79. The summed E-state index contributed by atoms with van der Waals surface area (Å²) < 4.78 is 37.0. The molecule has 0 fully saturated rings. The average Bonchev–Trinajstić information content (AvgIpc) is 2.35. The third kappa shape index (κ3) is 6.87. The van der Waals surface area contributed by atoms with Crippen LogP contribution in [0.25, 0.3) is 0 Å². The lowest BCUT2D eigenvalue weighted by atomic mass is 10.4. The number of carbonyl (C=O) groups is 1. The second-order valence-electron chi connectivity index (χ2n) is 3.72. The fourth-order valence-electron chi connectivity index (χ4n) is 1.36. The van der Waals surface area contributed by atoms with E-state index in [1.165, 1.54) is 11.8 Å². The Bertz CT molecular complexity index is 400. The zero-order valence-electron chi connectivity index (χ0n) is 9.99. The molecular formula is C12H13BrF3NOS. The van der Waals surface area contributed by atoms with Crippen LogP contribution < -0.4 is 0 Å². The van der Waals surface area contributed by atoms with Crippen LogP contribution in [0.15, 0.2) is 35.2 Å². The van der Waals surface area contributed by atoms with Crippen LogP contribution in [0.3, 0.4) is 0 Å². The first-order chi connectivity index (χ1) is 8.92. The van der Waals surface area contributed by atoms with Crippen molar-refractivity contribution in [2.45, 2.75) is 11.1 Å². The first-order valence-electron chi connectivity index (χ1n) is 5.50. The van der Waals surface area contributed by atoms with E-state index >= 15 is 0 Å². The molecular weight excluding hydrogens is 343 g/mol. The van der Waals surface area contributed by atoms with E-state index < -0.39 is 18.6 Å². The van der Waals surface area contributed by atoms with Crippen molar-refractivity contribution in [1.29, 1.82) is 0 Å².